The quantitative estimate of drug-likeness (QED) is 0.338. The van der Waals surface area contributed by atoms with Crippen molar-refractivity contribution in [1.82, 2.24) is 20.4 Å². The summed E-state index contributed by atoms with van der Waals surface area (Å²) in [4.78, 5) is 18.5. The number of benzene rings is 2. The summed E-state index contributed by atoms with van der Waals surface area (Å²) in [7, 11) is 2.00. The van der Waals surface area contributed by atoms with E-state index in [4.69, 9.17) is 15.2 Å². The van der Waals surface area contributed by atoms with Gasteiger partial charge in [-0.2, -0.15) is 5.10 Å². The van der Waals surface area contributed by atoms with Gasteiger partial charge in [0, 0.05) is 49.4 Å². The van der Waals surface area contributed by atoms with E-state index in [0.717, 1.165) is 36.5 Å². The summed E-state index contributed by atoms with van der Waals surface area (Å²) >= 11 is 0. The van der Waals surface area contributed by atoms with Crippen LogP contribution in [0.15, 0.2) is 93.0 Å². The van der Waals surface area contributed by atoms with Crippen LogP contribution in [0.2, 0.25) is 0 Å². The number of aromatic amines is 1. The normalized spacial score (nSPS) is 16.1. The molecule has 3 N–H and O–H groups in total. The molecular formula is C24H21N9O2Zn. The number of hydrogen-bond donors (Lipinski definition) is 3. The van der Waals surface area contributed by atoms with E-state index in [0.29, 0.717) is 35.0 Å². The Bertz CT molecular complexity index is 1410. The molecule has 0 saturated carbocycles. The fourth-order valence-electron chi connectivity index (χ4n) is 3.45. The molecular weight excluding hydrogens is 512 g/mol. The van der Waals surface area contributed by atoms with E-state index in [1.54, 1.807) is 24.5 Å². The first-order valence-electron chi connectivity index (χ1n) is 10.4. The molecule has 36 heavy (non-hydrogen) atoms. The molecule has 0 bridgehead atoms. The van der Waals surface area contributed by atoms with Crippen molar-refractivity contribution < 1.29 is 29.7 Å². The van der Waals surface area contributed by atoms with Crippen LogP contribution in [0.1, 0.15) is 22.3 Å². The molecule has 176 valence electrons. The van der Waals surface area contributed by atoms with E-state index in [1.165, 1.54) is 0 Å². The first kappa shape index (κ1) is 26.5. The zero-order chi connectivity index (χ0) is 24.6. The average Bonchev–Trinajstić information content (AvgIpc) is 3.73. The maximum absolute atomic E-state index is 7.00. The van der Waals surface area contributed by atoms with Crippen molar-refractivity contribution in [3.8, 4) is 0 Å². The van der Waals surface area contributed by atoms with E-state index < -0.39 is 0 Å². The summed E-state index contributed by atoms with van der Waals surface area (Å²) in [6.45, 7) is 0. The molecule has 2 aliphatic rings. The largest absolute Gasteiger partial charge is 2.00 e. The zero-order valence-corrected chi connectivity index (χ0v) is 22.6. The molecule has 0 radical (unpaired) electrons. The SMILES string of the molecule is CO.CO.[Zn+2].c1ccc2c(c1)C(=NC1=N/C(=N\c3ccn[n-]3)c3ccccc31)[N-]C2=Nc1cc[nH]n1. The molecule has 11 nitrogen and oxygen atoms in total. The van der Waals surface area contributed by atoms with Crippen LogP contribution in [0.5, 0.6) is 0 Å². The van der Waals surface area contributed by atoms with Gasteiger partial charge in [0.2, 0.25) is 0 Å². The van der Waals surface area contributed by atoms with E-state index >= 15 is 0 Å². The fourth-order valence-corrected chi connectivity index (χ4v) is 3.45. The van der Waals surface area contributed by atoms with Gasteiger partial charge in [0.05, 0.1) is 11.7 Å². The number of rotatable bonds is 2. The summed E-state index contributed by atoms with van der Waals surface area (Å²) in [5.74, 6) is 3.27. The molecule has 12 heteroatoms. The van der Waals surface area contributed by atoms with Crippen molar-refractivity contribution in [3.63, 3.8) is 0 Å². The van der Waals surface area contributed by atoms with Crippen molar-refractivity contribution in [3.05, 3.63) is 101 Å². The number of aromatic nitrogens is 4. The number of nitrogens with one attached hydrogen (secondary N) is 1. The van der Waals surface area contributed by atoms with Crippen LogP contribution < -0.4 is 5.10 Å². The maximum atomic E-state index is 7.00. The molecule has 2 aromatic heterocycles. The summed E-state index contributed by atoms with van der Waals surface area (Å²) in [5.41, 5.74) is 3.57. The molecule has 4 aromatic rings. The Kier molecular flexibility index (Phi) is 9.23. The van der Waals surface area contributed by atoms with Crippen molar-refractivity contribution >= 4 is 35.0 Å². The third-order valence-electron chi connectivity index (χ3n) is 4.83. The monoisotopic (exact) mass is 531 g/mol. The molecule has 2 aromatic carbocycles. The number of hydrogen-bond acceptors (Lipinski definition) is 7. The van der Waals surface area contributed by atoms with Crippen LogP contribution in [0, 0.1) is 0 Å². The average molecular weight is 533 g/mol. The van der Waals surface area contributed by atoms with E-state index in [-0.39, 0.29) is 19.5 Å². The standard InChI is InChI=1S/C22H13N9.2CH4O.Zn/c1-3-7-15-13(5-1)19(25-17-9-11-23-30-17)27-21(15)29-22-16-8-4-2-6-14(16)20(28-22)26-18-10-12-24-31-18;2*1-2;/h1-12H,(H-2,23,24,25,26,27,28,29,30,31);2*2H,1H3;/q-2;;;+2. The first-order valence-corrected chi connectivity index (χ1v) is 10.4. The van der Waals surface area contributed by atoms with Gasteiger partial charge in [0.1, 0.15) is 5.82 Å². The van der Waals surface area contributed by atoms with Crippen molar-refractivity contribution in [2.24, 2.45) is 20.0 Å². The van der Waals surface area contributed by atoms with Crippen molar-refractivity contribution in [1.29, 1.82) is 0 Å². The zero-order valence-electron chi connectivity index (χ0n) is 19.6. The molecule has 2 aliphatic heterocycles. The van der Waals surface area contributed by atoms with E-state index in [2.05, 4.69) is 40.7 Å². The van der Waals surface area contributed by atoms with Crippen LogP contribution in [0.3, 0.4) is 0 Å². The Morgan fingerprint density at radius 2 is 1.39 bits per heavy atom. The van der Waals surface area contributed by atoms with Gasteiger partial charge in [-0.3, -0.25) is 10.2 Å². The third kappa shape index (κ3) is 5.41. The van der Waals surface area contributed by atoms with Crippen LogP contribution in [0.25, 0.3) is 5.32 Å². The van der Waals surface area contributed by atoms with Crippen LogP contribution in [0.4, 0.5) is 11.6 Å². The van der Waals surface area contributed by atoms with Crippen LogP contribution in [-0.4, -0.2) is 63.1 Å². The van der Waals surface area contributed by atoms with Gasteiger partial charge in [-0.25, -0.2) is 4.99 Å². The van der Waals surface area contributed by atoms with Crippen LogP contribution >= 0.6 is 0 Å². The Labute approximate surface area is 219 Å². The Balaban J connectivity index is 0.000000690. The van der Waals surface area contributed by atoms with E-state index in [9.17, 15) is 0 Å². The van der Waals surface area contributed by atoms with Crippen molar-refractivity contribution in [2.75, 3.05) is 14.2 Å². The first-order chi connectivity index (χ1) is 17.3. The Morgan fingerprint density at radius 3 is 2.00 bits per heavy atom. The fraction of sp³-hybridized carbons (Fsp3) is 0.0833. The van der Waals surface area contributed by atoms with Gasteiger partial charge in [-0.15, -0.1) is 0 Å². The van der Waals surface area contributed by atoms with Gasteiger partial charge >= 0.3 is 19.5 Å². The predicted molar refractivity (Wildman–Crippen MR) is 134 cm³/mol. The predicted octanol–water partition coefficient (Wildman–Crippen LogP) is 2.73. The Morgan fingerprint density at radius 1 is 0.750 bits per heavy atom. The number of H-pyrrole nitrogens is 1. The molecule has 0 fully saturated rings. The molecule has 0 unspecified atom stereocenters. The number of aliphatic hydroxyl groups is 2. The number of aliphatic imine (C=N–C) groups is 4. The topological polar surface area (TPSA) is 160 Å². The summed E-state index contributed by atoms with van der Waals surface area (Å²) < 4.78 is 0. The summed E-state index contributed by atoms with van der Waals surface area (Å²) in [6.07, 6.45) is 3.32. The Hall–Kier alpha value is -4.12. The van der Waals surface area contributed by atoms with Gasteiger partial charge < -0.3 is 35.6 Å². The van der Waals surface area contributed by atoms with Gasteiger partial charge in [0.25, 0.3) is 0 Å². The second kappa shape index (κ2) is 12.5. The summed E-state index contributed by atoms with van der Waals surface area (Å²) in [5, 5.41) is 33.3. The summed E-state index contributed by atoms with van der Waals surface area (Å²) in [6, 6.07) is 19.2. The smallest absolute Gasteiger partial charge is 0.418 e. The van der Waals surface area contributed by atoms with Gasteiger partial charge in [-0.05, 0) is 29.1 Å². The molecule has 4 heterocycles. The minimum atomic E-state index is 0. The number of fused-ring (bicyclic) bond motifs is 2. The van der Waals surface area contributed by atoms with Crippen molar-refractivity contribution in [2.45, 2.75) is 0 Å². The van der Waals surface area contributed by atoms with Gasteiger partial charge in [0.15, 0.2) is 0 Å². The second-order valence-corrected chi connectivity index (χ2v) is 6.77. The minimum Gasteiger partial charge on any atom is -0.418 e. The van der Waals surface area contributed by atoms with Crippen LogP contribution in [-0.2, 0) is 19.5 Å². The molecule has 0 spiro atoms. The number of nitrogens with zero attached hydrogens (tertiary/aromatic N) is 8. The molecule has 0 saturated heterocycles. The number of amidine groups is 4. The number of aliphatic hydroxyl groups excluding tert-OH is 2. The molecule has 0 amide bonds. The maximum Gasteiger partial charge on any atom is 2.00 e. The van der Waals surface area contributed by atoms with Gasteiger partial charge in [-0.1, -0.05) is 48.5 Å². The van der Waals surface area contributed by atoms with E-state index in [1.807, 2.05) is 48.5 Å². The second-order valence-electron chi connectivity index (χ2n) is 6.77. The molecule has 0 atom stereocenters. The molecule has 0 aliphatic carbocycles. The molecule has 6 rings (SSSR count). The third-order valence-corrected chi connectivity index (χ3v) is 4.83. The minimum absolute atomic E-state index is 0.